The average molecular weight is 269 g/mol. The smallest absolute Gasteiger partial charge is 0.338 e. The number of ether oxygens (including phenoxy) is 1. The van der Waals surface area contributed by atoms with Gasteiger partial charge < -0.3 is 9.84 Å². The van der Waals surface area contributed by atoms with Gasteiger partial charge in [-0.05, 0) is 6.07 Å². The van der Waals surface area contributed by atoms with Gasteiger partial charge in [0.2, 0.25) is 0 Å². The number of aromatic carboxylic acids is 1. The second-order valence-electron chi connectivity index (χ2n) is 3.22. The van der Waals surface area contributed by atoms with Gasteiger partial charge in [0.15, 0.2) is 5.82 Å². The molecule has 92 valence electrons. The maximum atomic E-state index is 13.7. The van der Waals surface area contributed by atoms with Gasteiger partial charge in [0, 0.05) is 18.5 Å². The van der Waals surface area contributed by atoms with Crippen molar-refractivity contribution >= 4 is 17.6 Å². The Bertz CT molecular complexity index is 607. The number of aromatic nitrogens is 2. The van der Waals surface area contributed by atoms with Crippen LogP contribution in [-0.4, -0.2) is 21.0 Å². The van der Waals surface area contributed by atoms with Gasteiger partial charge in [0.05, 0.1) is 11.2 Å². The molecule has 0 spiro atoms. The lowest BCUT2D eigenvalue weighted by molar-refractivity contribution is 0.0690. The van der Waals surface area contributed by atoms with Gasteiger partial charge in [0.25, 0.3) is 5.88 Å². The Hall–Kier alpha value is -2.21. The first-order valence-corrected chi connectivity index (χ1v) is 5.12. The van der Waals surface area contributed by atoms with E-state index in [-0.39, 0.29) is 5.75 Å². The molecule has 0 atom stereocenters. The molecule has 0 amide bonds. The Kier molecular flexibility index (Phi) is 3.38. The summed E-state index contributed by atoms with van der Waals surface area (Å²) in [6, 6.07) is 2.45. The molecule has 2 heterocycles. The van der Waals surface area contributed by atoms with E-state index in [0.717, 1.165) is 12.3 Å². The van der Waals surface area contributed by atoms with Crippen LogP contribution in [0.15, 0.2) is 30.7 Å². The van der Waals surface area contributed by atoms with Crippen LogP contribution >= 0.6 is 11.6 Å². The largest absolute Gasteiger partial charge is 0.478 e. The first-order valence-electron chi connectivity index (χ1n) is 4.74. The van der Waals surface area contributed by atoms with Crippen LogP contribution in [0.3, 0.4) is 0 Å². The molecule has 7 heteroatoms. The molecule has 0 bridgehead atoms. The molecule has 0 aliphatic rings. The zero-order valence-electron chi connectivity index (χ0n) is 8.80. The van der Waals surface area contributed by atoms with Crippen LogP contribution in [0, 0.1) is 5.82 Å². The third-order valence-electron chi connectivity index (χ3n) is 1.98. The molecule has 0 unspecified atom stereocenters. The van der Waals surface area contributed by atoms with Crippen molar-refractivity contribution in [1.82, 2.24) is 9.97 Å². The Morgan fingerprint density at radius 1 is 1.44 bits per heavy atom. The van der Waals surface area contributed by atoms with Crippen LogP contribution in [0.5, 0.6) is 11.6 Å². The van der Waals surface area contributed by atoms with Crippen molar-refractivity contribution in [2.45, 2.75) is 0 Å². The topological polar surface area (TPSA) is 72.3 Å². The zero-order chi connectivity index (χ0) is 13.1. The predicted molar refractivity (Wildman–Crippen MR) is 60.5 cm³/mol. The maximum Gasteiger partial charge on any atom is 0.338 e. The Morgan fingerprint density at radius 3 is 2.89 bits per heavy atom. The van der Waals surface area contributed by atoms with E-state index in [1.54, 1.807) is 0 Å². The summed E-state index contributed by atoms with van der Waals surface area (Å²) in [7, 11) is 0. The van der Waals surface area contributed by atoms with E-state index in [1.807, 2.05) is 0 Å². The summed E-state index contributed by atoms with van der Waals surface area (Å²) in [5.74, 6) is -2.73. The zero-order valence-corrected chi connectivity index (χ0v) is 9.56. The van der Waals surface area contributed by atoms with Crippen LogP contribution in [0.4, 0.5) is 4.39 Å². The van der Waals surface area contributed by atoms with Gasteiger partial charge in [0.1, 0.15) is 11.3 Å². The molecule has 5 nitrogen and oxygen atoms in total. The Morgan fingerprint density at radius 2 is 2.22 bits per heavy atom. The summed E-state index contributed by atoms with van der Waals surface area (Å²) in [6.07, 6.45) is 3.83. The number of hydrogen-bond acceptors (Lipinski definition) is 4. The van der Waals surface area contributed by atoms with E-state index in [0.29, 0.717) is 5.02 Å². The molecular formula is C11H6ClFN2O3. The lowest BCUT2D eigenvalue weighted by Crippen LogP contribution is -2.03. The van der Waals surface area contributed by atoms with Gasteiger partial charge in [-0.1, -0.05) is 11.6 Å². The monoisotopic (exact) mass is 268 g/mol. The summed E-state index contributed by atoms with van der Waals surface area (Å²) >= 11 is 5.68. The molecule has 18 heavy (non-hydrogen) atoms. The average Bonchev–Trinajstić information content (AvgIpc) is 2.31. The van der Waals surface area contributed by atoms with E-state index in [4.69, 9.17) is 21.4 Å². The fraction of sp³-hybridized carbons (Fsp3) is 0. The van der Waals surface area contributed by atoms with E-state index >= 15 is 0 Å². The fourth-order valence-corrected chi connectivity index (χ4v) is 1.38. The number of pyridine rings is 2. The highest BCUT2D eigenvalue weighted by molar-refractivity contribution is 6.30. The van der Waals surface area contributed by atoms with Crippen LogP contribution in [-0.2, 0) is 0 Å². The van der Waals surface area contributed by atoms with Crippen molar-refractivity contribution in [3.8, 4) is 11.6 Å². The number of carbonyl (C=O) groups is 1. The number of hydrogen-bond donors (Lipinski definition) is 1. The minimum Gasteiger partial charge on any atom is -0.478 e. The molecule has 2 rings (SSSR count). The van der Waals surface area contributed by atoms with Crippen molar-refractivity contribution in [1.29, 1.82) is 0 Å². The van der Waals surface area contributed by atoms with Crippen molar-refractivity contribution in [2.75, 3.05) is 0 Å². The SMILES string of the molecule is O=C(O)c1ccnc(Oc2cncc(Cl)c2)c1F. The van der Waals surface area contributed by atoms with Gasteiger partial charge in [-0.25, -0.2) is 14.2 Å². The molecule has 0 aliphatic carbocycles. The van der Waals surface area contributed by atoms with Crippen molar-refractivity contribution < 1.29 is 19.0 Å². The van der Waals surface area contributed by atoms with E-state index in [1.165, 1.54) is 18.5 Å². The van der Waals surface area contributed by atoms with E-state index in [2.05, 4.69) is 9.97 Å². The Balaban J connectivity index is 2.35. The lowest BCUT2D eigenvalue weighted by Gasteiger charge is -2.06. The minimum absolute atomic E-state index is 0.163. The van der Waals surface area contributed by atoms with Crippen LogP contribution in [0.2, 0.25) is 5.02 Å². The minimum atomic E-state index is -1.40. The number of carboxylic acid groups (broad SMARTS) is 1. The van der Waals surface area contributed by atoms with Crippen molar-refractivity contribution in [2.24, 2.45) is 0 Å². The summed E-state index contributed by atoms with van der Waals surface area (Å²) in [5, 5.41) is 9.05. The quantitative estimate of drug-likeness (QED) is 0.927. The van der Waals surface area contributed by atoms with Crippen LogP contribution < -0.4 is 4.74 Å². The summed E-state index contributed by atoms with van der Waals surface area (Å²) in [5.41, 5.74) is -0.519. The first kappa shape index (κ1) is 12.3. The fourth-order valence-electron chi connectivity index (χ4n) is 1.22. The normalized spacial score (nSPS) is 10.1. The highest BCUT2D eigenvalue weighted by Gasteiger charge is 2.16. The maximum absolute atomic E-state index is 13.7. The van der Waals surface area contributed by atoms with Gasteiger partial charge in [-0.3, -0.25) is 4.98 Å². The van der Waals surface area contributed by atoms with Crippen molar-refractivity contribution in [3.63, 3.8) is 0 Å². The molecule has 0 saturated carbocycles. The second kappa shape index (κ2) is 4.97. The van der Waals surface area contributed by atoms with Gasteiger partial charge in [-0.15, -0.1) is 0 Å². The van der Waals surface area contributed by atoms with E-state index in [9.17, 15) is 9.18 Å². The van der Waals surface area contributed by atoms with Gasteiger partial charge >= 0.3 is 5.97 Å². The summed E-state index contributed by atoms with van der Waals surface area (Å²) in [4.78, 5) is 18.1. The third kappa shape index (κ3) is 2.54. The van der Waals surface area contributed by atoms with E-state index < -0.39 is 23.2 Å². The number of carboxylic acids is 1. The first-order chi connectivity index (χ1) is 8.58. The molecule has 2 aromatic heterocycles. The summed E-state index contributed by atoms with van der Waals surface area (Å²) in [6.45, 7) is 0. The standard InChI is InChI=1S/C11H6ClFN2O3/c12-6-3-7(5-14-4-6)18-10-9(13)8(11(16)17)1-2-15-10/h1-5H,(H,16,17). The number of rotatable bonds is 3. The molecule has 0 aromatic carbocycles. The molecule has 0 fully saturated rings. The molecular weight excluding hydrogens is 263 g/mol. The Labute approximate surface area is 106 Å². The molecule has 0 saturated heterocycles. The predicted octanol–water partition coefficient (Wildman–Crippen LogP) is 2.76. The highest BCUT2D eigenvalue weighted by atomic mass is 35.5. The molecule has 0 aliphatic heterocycles. The molecule has 1 N–H and O–H groups in total. The van der Waals surface area contributed by atoms with Gasteiger partial charge in [-0.2, -0.15) is 0 Å². The highest BCUT2D eigenvalue weighted by Crippen LogP contribution is 2.25. The molecule has 0 radical (unpaired) electrons. The lowest BCUT2D eigenvalue weighted by atomic mass is 10.2. The molecule has 2 aromatic rings. The third-order valence-corrected chi connectivity index (χ3v) is 2.19. The number of halogens is 2. The number of nitrogens with zero attached hydrogens (tertiary/aromatic N) is 2. The van der Waals surface area contributed by atoms with Crippen LogP contribution in [0.25, 0.3) is 0 Å². The van der Waals surface area contributed by atoms with Crippen LogP contribution in [0.1, 0.15) is 10.4 Å². The van der Waals surface area contributed by atoms with Crippen molar-refractivity contribution in [3.05, 3.63) is 47.1 Å². The summed E-state index contributed by atoms with van der Waals surface area (Å²) < 4.78 is 18.8. The second-order valence-corrected chi connectivity index (χ2v) is 3.66.